The maximum Gasteiger partial charge on any atom is 0.221 e. The molecule has 0 aromatic heterocycles. The first kappa shape index (κ1) is 15.6. The molecule has 0 saturated heterocycles. The maximum absolute atomic E-state index is 13.4. The number of hydrogen-bond donors (Lipinski definition) is 1. The van der Waals surface area contributed by atoms with E-state index in [0.29, 0.717) is 0 Å². The summed E-state index contributed by atoms with van der Waals surface area (Å²) < 4.78 is 48.0. The largest absolute Gasteiger partial charge is 0.349 e. The summed E-state index contributed by atoms with van der Waals surface area (Å²) in [5.74, 6) is -2.22. The van der Waals surface area contributed by atoms with Crippen LogP contribution >= 0.6 is 0 Å². The molecule has 0 heterocycles. The molecule has 0 saturated carbocycles. The van der Waals surface area contributed by atoms with Gasteiger partial charge in [-0.1, -0.05) is 6.07 Å². The first-order chi connectivity index (χ1) is 8.69. The summed E-state index contributed by atoms with van der Waals surface area (Å²) in [5, 5.41) is 2.46. The van der Waals surface area contributed by atoms with Gasteiger partial charge in [0.05, 0.1) is 11.8 Å². The van der Waals surface area contributed by atoms with Gasteiger partial charge in [0.1, 0.15) is 21.5 Å². The third kappa shape index (κ3) is 5.34. The molecule has 0 aliphatic carbocycles. The Hall–Kier alpha value is -1.50. The lowest BCUT2D eigenvalue weighted by atomic mass is 10.1. The Balaban J connectivity index is 2.64. The molecular weight excluding hydrogens is 276 g/mol. The minimum atomic E-state index is -3.22. The number of amides is 1. The van der Waals surface area contributed by atoms with Gasteiger partial charge in [0, 0.05) is 24.3 Å². The van der Waals surface area contributed by atoms with Gasteiger partial charge >= 0.3 is 0 Å². The average molecular weight is 291 g/mol. The van der Waals surface area contributed by atoms with Crippen molar-refractivity contribution in [3.8, 4) is 0 Å². The maximum atomic E-state index is 13.4. The van der Waals surface area contributed by atoms with Crippen LogP contribution in [-0.4, -0.2) is 26.3 Å². The van der Waals surface area contributed by atoms with E-state index in [-0.39, 0.29) is 17.7 Å². The fraction of sp³-hybridized carbons (Fsp3) is 0.417. The minimum Gasteiger partial charge on any atom is -0.349 e. The summed E-state index contributed by atoms with van der Waals surface area (Å²) in [7, 11) is -3.22. The van der Waals surface area contributed by atoms with Crippen LogP contribution in [0.25, 0.3) is 0 Å². The molecule has 1 amide bonds. The first-order valence-corrected chi connectivity index (χ1v) is 7.67. The molecule has 4 nitrogen and oxygen atoms in total. The molecule has 0 aliphatic heterocycles. The van der Waals surface area contributed by atoms with E-state index in [4.69, 9.17) is 0 Å². The zero-order chi connectivity index (χ0) is 14.6. The van der Waals surface area contributed by atoms with E-state index in [1.54, 1.807) is 0 Å². The molecular formula is C12H15F2NO3S. The third-order valence-corrected chi connectivity index (χ3v) is 3.45. The van der Waals surface area contributed by atoms with Gasteiger partial charge in [-0.15, -0.1) is 0 Å². The lowest BCUT2D eigenvalue weighted by Gasteiger charge is -2.15. The highest BCUT2D eigenvalue weighted by Gasteiger charge is 2.15. The van der Waals surface area contributed by atoms with Gasteiger partial charge in [0.2, 0.25) is 5.91 Å². The Kier molecular flexibility index (Phi) is 4.99. The van der Waals surface area contributed by atoms with Crippen LogP contribution in [0.3, 0.4) is 0 Å². The highest BCUT2D eigenvalue weighted by atomic mass is 32.2. The van der Waals surface area contributed by atoms with E-state index in [1.807, 2.05) is 0 Å². The van der Waals surface area contributed by atoms with Crippen molar-refractivity contribution in [3.05, 3.63) is 35.4 Å². The van der Waals surface area contributed by atoms with Gasteiger partial charge in [-0.3, -0.25) is 4.79 Å². The van der Waals surface area contributed by atoms with Crippen LogP contribution in [0, 0.1) is 11.6 Å². The standard InChI is InChI=1S/C12H15F2NO3S/c1-8(10-4-3-9(13)7-11(10)14)15-12(16)5-6-19(2,17)18/h3-4,7-8H,5-6H2,1-2H3,(H,15,16). The molecule has 1 aromatic rings. The van der Waals surface area contributed by atoms with Crippen LogP contribution in [0.15, 0.2) is 18.2 Å². The predicted octanol–water partition coefficient (Wildman–Crippen LogP) is 1.58. The zero-order valence-corrected chi connectivity index (χ0v) is 11.4. The van der Waals surface area contributed by atoms with E-state index in [0.717, 1.165) is 18.4 Å². The van der Waals surface area contributed by atoms with Crippen LogP contribution < -0.4 is 5.32 Å². The molecule has 19 heavy (non-hydrogen) atoms. The van der Waals surface area contributed by atoms with Crippen LogP contribution in [0.2, 0.25) is 0 Å². The van der Waals surface area contributed by atoms with Crippen LogP contribution in [-0.2, 0) is 14.6 Å². The Morgan fingerprint density at radius 2 is 2.00 bits per heavy atom. The molecule has 1 unspecified atom stereocenters. The average Bonchev–Trinajstić information content (AvgIpc) is 2.25. The fourth-order valence-electron chi connectivity index (χ4n) is 1.52. The fourth-order valence-corrected chi connectivity index (χ4v) is 2.08. The van der Waals surface area contributed by atoms with E-state index >= 15 is 0 Å². The number of carbonyl (C=O) groups is 1. The molecule has 7 heteroatoms. The SMILES string of the molecule is CC(NC(=O)CCS(C)(=O)=O)c1ccc(F)cc1F. The zero-order valence-electron chi connectivity index (χ0n) is 10.6. The Morgan fingerprint density at radius 1 is 1.37 bits per heavy atom. The lowest BCUT2D eigenvalue weighted by Crippen LogP contribution is -2.28. The summed E-state index contributed by atoms with van der Waals surface area (Å²) in [5.41, 5.74) is 0.147. The number of sulfone groups is 1. The van der Waals surface area contributed by atoms with Crippen molar-refractivity contribution >= 4 is 15.7 Å². The van der Waals surface area contributed by atoms with Gasteiger partial charge in [-0.05, 0) is 13.0 Å². The summed E-state index contributed by atoms with van der Waals surface area (Å²) in [6, 6.07) is 2.41. The number of carbonyl (C=O) groups excluding carboxylic acids is 1. The second-order valence-corrected chi connectivity index (χ2v) is 6.59. The number of nitrogens with one attached hydrogen (secondary N) is 1. The molecule has 106 valence electrons. The van der Waals surface area contributed by atoms with Crippen molar-refractivity contribution in [1.82, 2.24) is 5.32 Å². The van der Waals surface area contributed by atoms with Crippen molar-refractivity contribution in [2.45, 2.75) is 19.4 Å². The van der Waals surface area contributed by atoms with E-state index < -0.39 is 33.4 Å². The monoisotopic (exact) mass is 291 g/mol. The lowest BCUT2D eigenvalue weighted by molar-refractivity contribution is -0.121. The van der Waals surface area contributed by atoms with Gasteiger partial charge in [0.15, 0.2) is 0 Å². The van der Waals surface area contributed by atoms with Gasteiger partial charge in [-0.25, -0.2) is 17.2 Å². The van der Waals surface area contributed by atoms with Gasteiger partial charge < -0.3 is 5.32 Å². The predicted molar refractivity (Wildman–Crippen MR) is 67.2 cm³/mol. The molecule has 1 atom stereocenters. The molecule has 1 rings (SSSR count). The second-order valence-electron chi connectivity index (χ2n) is 4.33. The minimum absolute atomic E-state index is 0.147. The van der Waals surface area contributed by atoms with Gasteiger partial charge in [0.25, 0.3) is 0 Å². The topological polar surface area (TPSA) is 63.2 Å². The van der Waals surface area contributed by atoms with Crippen molar-refractivity contribution in [2.75, 3.05) is 12.0 Å². The van der Waals surface area contributed by atoms with Crippen LogP contribution in [0.4, 0.5) is 8.78 Å². The summed E-state index contributed by atoms with van der Waals surface area (Å²) >= 11 is 0. The van der Waals surface area contributed by atoms with E-state index in [1.165, 1.54) is 13.0 Å². The molecule has 1 N–H and O–H groups in total. The Labute approximate surface area is 110 Å². The van der Waals surface area contributed by atoms with Crippen LogP contribution in [0.5, 0.6) is 0 Å². The normalized spacial score (nSPS) is 13.1. The quantitative estimate of drug-likeness (QED) is 0.896. The molecule has 0 spiro atoms. The van der Waals surface area contributed by atoms with Gasteiger partial charge in [-0.2, -0.15) is 0 Å². The van der Waals surface area contributed by atoms with E-state index in [2.05, 4.69) is 5.32 Å². The Bertz CT molecular complexity index is 572. The number of rotatable bonds is 5. The molecule has 0 bridgehead atoms. The molecule has 0 radical (unpaired) electrons. The van der Waals surface area contributed by atoms with Crippen LogP contribution in [0.1, 0.15) is 24.9 Å². The van der Waals surface area contributed by atoms with Crippen molar-refractivity contribution < 1.29 is 22.0 Å². The highest BCUT2D eigenvalue weighted by molar-refractivity contribution is 7.90. The first-order valence-electron chi connectivity index (χ1n) is 5.61. The second kappa shape index (κ2) is 6.10. The number of hydrogen-bond acceptors (Lipinski definition) is 3. The van der Waals surface area contributed by atoms with Crippen molar-refractivity contribution in [1.29, 1.82) is 0 Å². The summed E-state index contributed by atoms with van der Waals surface area (Å²) in [6.07, 6.45) is 0.843. The number of benzene rings is 1. The molecule has 0 fully saturated rings. The summed E-state index contributed by atoms with van der Waals surface area (Å²) in [4.78, 5) is 11.5. The molecule has 0 aliphatic rings. The smallest absolute Gasteiger partial charge is 0.221 e. The number of halogens is 2. The summed E-state index contributed by atoms with van der Waals surface area (Å²) in [6.45, 7) is 1.54. The van der Waals surface area contributed by atoms with Crippen molar-refractivity contribution in [2.24, 2.45) is 0 Å². The van der Waals surface area contributed by atoms with E-state index in [9.17, 15) is 22.0 Å². The third-order valence-electron chi connectivity index (χ3n) is 2.51. The van der Waals surface area contributed by atoms with Crippen molar-refractivity contribution in [3.63, 3.8) is 0 Å². The highest BCUT2D eigenvalue weighted by Crippen LogP contribution is 2.17. The Morgan fingerprint density at radius 3 is 2.53 bits per heavy atom. The molecule has 1 aromatic carbocycles.